The van der Waals surface area contributed by atoms with Gasteiger partial charge in [-0.3, -0.25) is 24.4 Å². The number of aliphatic imine (C=N–C) groups is 2. The van der Waals surface area contributed by atoms with E-state index in [1.165, 1.54) is 21.3 Å². The molecule has 320 valence electrons. The van der Waals surface area contributed by atoms with Gasteiger partial charge < -0.3 is 66.8 Å². The van der Waals surface area contributed by atoms with Crippen molar-refractivity contribution in [2.24, 2.45) is 32.9 Å². The Labute approximate surface area is 339 Å². The minimum Gasteiger partial charge on any atom is -0.507 e. The van der Waals surface area contributed by atoms with Gasteiger partial charge in [0.25, 0.3) is 11.8 Å². The number of rotatable bonds is 22. The van der Waals surface area contributed by atoms with Crippen molar-refractivity contribution in [3.8, 4) is 34.3 Å². The zero-order chi connectivity index (χ0) is 43.6. The van der Waals surface area contributed by atoms with Gasteiger partial charge in [-0.25, -0.2) is 9.59 Å². The molecule has 0 aliphatic heterocycles. The summed E-state index contributed by atoms with van der Waals surface area (Å²) in [6, 6.07) is 5.45. The summed E-state index contributed by atoms with van der Waals surface area (Å²) in [4.78, 5) is 73.1. The summed E-state index contributed by atoms with van der Waals surface area (Å²) in [5, 5.41) is 16.1. The van der Waals surface area contributed by atoms with Gasteiger partial charge in [0.15, 0.2) is 30.9 Å². The number of methoxy groups -OCH3 is 3. The molecule has 1 aromatic heterocycles. The molecule has 0 unspecified atom stereocenters. The van der Waals surface area contributed by atoms with Gasteiger partial charge in [-0.2, -0.15) is 0 Å². The lowest BCUT2D eigenvalue weighted by molar-refractivity contribution is -0.145. The molecule has 20 heteroatoms. The first kappa shape index (κ1) is 46.4. The Morgan fingerprint density at radius 1 is 0.831 bits per heavy atom. The predicted molar refractivity (Wildman–Crippen MR) is 218 cm³/mol. The van der Waals surface area contributed by atoms with Crippen molar-refractivity contribution in [3.63, 3.8) is 0 Å². The molecule has 2 amide bonds. The summed E-state index contributed by atoms with van der Waals surface area (Å²) in [6.45, 7) is 2.75. The highest BCUT2D eigenvalue weighted by Crippen LogP contribution is 2.40. The number of hydrogen-bond acceptors (Lipinski definition) is 14. The van der Waals surface area contributed by atoms with Crippen LogP contribution in [0.15, 0.2) is 61.2 Å². The standard InChI is InChI=1S/C39H52N8O12/c1-21(2)10-15-24-28(57-19-29(49)46-25(36(52)55-4)8-6-16-44-38(40)41)18-27(48)31-32(51)35(33(59-34(24)31)22-11-13-23(54-3)14-12-22)58-20-30(50)47-26(37(53)56-5)9-7-17-45-39(42)43/h10-14,18,25-26,48H,6-9,15-17,19-20H2,1-5H3,(H,46,49)(H,47,50)(H4,40,41,44)(H4,42,43,45)/t25-,26-/m0/s1. The second-order valence-electron chi connectivity index (χ2n) is 13.1. The Morgan fingerprint density at radius 3 is 1.83 bits per heavy atom. The summed E-state index contributed by atoms with van der Waals surface area (Å²) >= 11 is 0. The molecule has 0 radical (unpaired) electrons. The molecule has 0 saturated heterocycles. The van der Waals surface area contributed by atoms with Crippen molar-refractivity contribution in [1.82, 2.24) is 10.6 Å². The lowest BCUT2D eigenvalue weighted by Gasteiger charge is -2.19. The summed E-state index contributed by atoms with van der Waals surface area (Å²) in [6.07, 6.45) is 2.92. The van der Waals surface area contributed by atoms with Crippen LogP contribution in [0.5, 0.6) is 23.0 Å². The first-order valence-electron chi connectivity index (χ1n) is 18.3. The number of phenols is 1. The molecule has 0 aliphatic carbocycles. The van der Waals surface area contributed by atoms with Gasteiger partial charge in [-0.05, 0) is 70.2 Å². The number of nitrogens with zero attached hydrogens (tertiary/aromatic N) is 2. The molecule has 20 nitrogen and oxygen atoms in total. The minimum absolute atomic E-state index is 0.00408. The molecule has 11 N–H and O–H groups in total. The van der Waals surface area contributed by atoms with E-state index in [4.69, 9.17) is 51.0 Å². The highest BCUT2D eigenvalue weighted by Gasteiger charge is 2.27. The summed E-state index contributed by atoms with van der Waals surface area (Å²) in [5.74, 6) is -3.76. The molecule has 2 aromatic carbocycles. The molecule has 0 bridgehead atoms. The highest BCUT2D eigenvalue weighted by atomic mass is 16.5. The van der Waals surface area contributed by atoms with Crippen molar-refractivity contribution in [2.45, 2.75) is 58.0 Å². The minimum atomic E-state index is -1.08. The number of phenolic OH excluding ortho intramolecular Hbond substituents is 1. The van der Waals surface area contributed by atoms with E-state index in [1.807, 2.05) is 19.9 Å². The van der Waals surface area contributed by atoms with E-state index in [0.29, 0.717) is 24.2 Å². The maximum absolute atomic E-state index is 14.3. The topological polar surface area (TPSA) is 318 Å². The normalized spacial score (nSPS) is 11.6. The number of aromatic hydroxyl groups is 1. The monoisotopic (exact) mass is 824 g/mol. The molecule has 59 heavy (non-hydrogen) atoms. The number of nitrogens with one attached hydrogen (secondary N) is 2. The Hall–Kier alpha value is -6.99. The number of benzene rings is 2. The van der Waals surface area contributed by atoms with Crippen LogP contribution in [-0.4, -0.2) is 100 Å². The van der Waals surface area contributed by atoms with E-state index in [2.05, 4.69) is 20.6 Å². The maximum atomic E-state index is 14.3. The van der Waals surface area contributed by atoms with Gasteiger partial charge in [0, 0.05) is 30.3 Å². The summed E-state index contributed by atoms with van der Waals surface area (Å²) in [5.41, 5.74) is 22.0. The van der Waals surface area contributed by atoms with Gasteiger partial charge in [-0.1, -0.05) is 11.6 Å². The van der Waals surface area contributed by atoms with Crippen molar-refractivity contribution >= 4 is 46.6 Å². The third-order valence-corrected chi connectivity index (χ3v) is 8.47. The lowest BCUT2D eigenvalue weighted by atomic mass is 10.0. The SMILES string of the molecule is COC(=O)[C@H](CCCN=C(N)N)NC(=O)COc1cc(O)c2c(=O)c(OCC(=O)N[C@@H](CCCN=C(N)N)C(=O)OC)c(-c3ccc(OC)cc3)oc2c1CC=C(C)C. The molecule has 1 heterocycles. The number of carbonyl (C=O) groups excluding carboxylic acids is 4. The average Bonchev–Trinajstić information content (AvgIpc) is 3.20. The molecule has 0 fully saturated rings. The first-order chi connectivity index (χ1) is 28.1. The van der Waals surface area contributed by atoms with Crippen molar-refractivity contribution in [3.05, 3.63) is 57.8 Å². The molecule has 2 atom stereocenters. The molecule has 3 rings (SSSR count). The summed E-state index contributed by atoms with van der Waals surface area (Å²) < 4.78 is 33.0. The largest absolute Gasteiger partial charge is 0.507 e. The molecule has 0 saturated carbocycles. The maximum Gasteiger partial charge on any atom is 0.328 e. The van der Waals surface area contributed by atoms with Gasteiger partial charge in [0.05, 0.1) is 21.3 Å². The Morgan fingerprint density at radius 2 is 1.36 bits per heavy atom. The number of ether oxygens (including phenoxy) is 5. The molecular weight excluding hydrogens is 772 g/mol. The smallest absolute Gasteiger partial charge is 0.328 e. The van der Waals surface area contributed by atoms with E-state index in [-0.39, 0.29) is 72.3 Å². The number of carbonyl (C=O) groups is 4. The van der Waals surface area contributed by atoms with Crippen LogP contribution in [0.3, 0.4) is 0 Å². The van der Waals surface area contributed by atoms with Gasteiger partial charge in [-0.15, -0.1) is 0 Å². The Bertz CT molecular complexity index is 2100. The lowest BCUT2D eigenvalue weighted by Crippen LogP contribution is -2.43. The van der Waals surface area contributed by atoms with Crippen molar-refractivity contribution in [2.75, 3.05) is 47.6 Å². The van der Waals surface area contributed by atoms with Crippen LogP contribution >= 0.6 is 0 Å². The number of fused-ring (bicyclic) bond motifs is 1. The van der Waals surface area contributed by atoms with Crippen LogP contribution in [0.4, 0.5) is 0 Å². The fourth-order valence-electron chi connectivity index (χ4n) is 5.59. The Kier molecular flexibility index (Phi) is 17.8. The summed E-state index contributed by atoms with van der Waals surface area (Å²) in [7, 11) is 3.83. The van der Waals surface area contributed by atoms with E-state index < -0.39 is 66.0 Å². The third-order valence-electron chi connectivity index (χ3n) is 8.47. The quantitative estimate of drug-likeness (QED) is 0.0243. The zero-order valence-electron chi connectivity index (χ0n) is 33.6. The zero-order valence-corrected chi connectivity index (χ0v) is 33.6. The van der Waals surface area contributed by atoms with Crippen LogP contribution in [-0.2, 0) is 35.1 Å². The van der Waals surface area contributed by atoms with Crippen LogP contribution in [0.2, 0.25) is 0 Å². The number of esters is 2. The number of amides is 2. The van der Waals surface area contributed by atoms with Crippen molar-refractivity contribution in [1.29, 1.82) is 0 Å². The van der Waals surface area contributed by atoms with Gasteiger partial charge in [0.2, 0.25) is 11.2 Å². The van der Waals surface area contributed by atoms with E-state index in [1.54, 1.807) is 24.3 Å². The first-order valence-corrected chi connectivity index (χ1v) is 18.3. The second kappa shape index (κ2) is 22.7. The fraction of sp³-hybridized carbons (Fsp3) is 0.410. The van der Waals surface area contributed by atoms with Gasteiger partial charge >= 0.3 is 11.9 Å². The van der Waals surface area contributed by atoms with Crippen LogP contribution < -0.4 is 53.2 Å². The molecule has 0 spiro atoms. The van der Waals surface area contributed by atoms with E-state index in [0.717, 1.165) is 11.6 Å². The van der Waals surface area contributed by atoms with Crippen molar-refractivity contribution < 1.29 is 52.4 Å². The highest BCUT2D eigenvalue weighted by molar-refractivity contribution is 5.92. The average molecular weight is 825 g/mol. The van der Waals surface area contributed by atoms with E-state index in [9.17, 15) is 29.1 Å². The Balaban J connectivity index is 2.05. The molecule has 3 aromatic rings. The number of allylic oxidation sites excluding steroid dienone is 2. The number of hydrogen-bond donors (Lipinski definition) is 7. The fourth-order valence-corrected chi connectivity index (χ4v) is 5.59. The number of guanidine groups is 2. The second-order valence-corrected chi connectivity index (χ2v) is 13.1. The van der Waals surface area contributed by atoms with Crippen LogP contribution in [0, 0.1) is 0 Å². The molecular formula is C39H52N8O12. The molecule has 0 aliphatic rings. The predicted octanol–water partition coefficient (Wildman–Crippen LogP) is 0.863. The van der Waals surface area contributed by atoms with Crippen LogP contribution in [0.1, 0.15) is 45.1 Å². The third kappa shape index (κ3) is 13.9. The van der Waals surface area contributed by atoms with Gasteiger partial charge in [0.1, 0.15) is 40.3 Å². The van der Waals surface area contributed by atoms with Crippen LogP contribution in [0.25, 0.3) is 22.3 Å². The number of nitrogens with two attached hydrogens (primary N) is 4. The van der Waals surface area contributed by atoms with E-state index >= 15 is 0 Å².